The fourth-order valence-electron chi connectivity index (χ4n) is 30.1. The summed E-state index contributed by atoms with van der Waals surface area (Å²) in [6.45, 7) is 22.0. The Kier molecular flexibility index (Phi) is 4.57. The van der Waals surface area contributed by atoms with Crippen LogP contribution in [0.25, 0.3) is 0 Å². The van der Waals surface area contributed by atoms with Crippen molar-refractivity contribution in [3.8, 4) is 0 Å². The number of fused-ring (bicyclic) bond motifs is 43. The smallest absolute Gasteiger partial charge is 0.0495 e. The Balaban J connectivity index is 0.572. The number of aliphatic hydroxyl groups is 1. The molecule has 0 aromatic heterocycles. The first kappa shape index (κ1) is 30.9. The first-order valence-corrected chi connectivity index (χ1v) is 26.7. The van der Waals surface area contributed by atoms with Crippen LogP contribution < -0.4 is 0 Å². The van der Waals surface area contributed by atoms with Crippen molar-refractivity contribution in [1.29, 1.82) is 0 Å². The minimum atomic E-state index is 0.358. The van der Waals surface area contributed by atoms with Crippen LogP contribution in [-0.2, 0) is 0 Å². The van der Waals surface area contributed by atoms with E-state index in [4.69, 9.17) is 0 Å². The standard InChI is InChI=1S/C55H74O/c1-13-9-19(29-23(15(13)3)32-31(29)24-16(4)25-34(33(24)32)48-35(25)36-26-17(5)54(7,8)52(26)50(36)48)20-11-21-28(20)38-30(21)39-41(38)44-42(39)45-46(44)43-40-37-27-18(6)55(12-56,22-10-14(22)2)53(27)51(37)49(40)47(43)45/h13-53,56H,9-12H2,1-8H3. The minimum Gasteiger partial charge on any atom is -0.396 e. The van der Waals surface area contributed by atoms with Gasteiger partial charge in [0.2, 0.25) is 0 Å². The number of aliphatic hydroxyl groups excluding tert-OH is 1. The minimum absolute atomic E-state index is 0.358. The van der Waals surface area contributed by atoms with E-state index >= 15 is 0 Å². The average molecular weight is 751 g/mol. The van der Waals surface area contributed by atoms with Gasteiger partial charge in [-0.25, -0.2) is 0 Å². The van der Waals surface area contributed by atoms with E-state index in [9.17, 15) is 5.11 Å². The number of hydrogen-bond donors (Lipinski definition) is 1. The highest BCUT2D eigenvalue weighted by atomic mass is 16.3. The SMILES string of the molecule is CC1CC(C2CC3C2C2C3C3C2C2C3C3C2C2C3C3C2C2C3C3C2C(C)C3(CO)C2CC2C)C2C(C1C)C1C2C2C(C)C3C(C21)C1C3C2C1C1C2C(C)C1(C)C. The lowest BCUT2D eigenvalue weighted by Crippen LogP contribution is -2.95. The van der Waals surface area contributed by atoms with Gasteiger partial charge in [-0.15, -0.1) is 0 Å². The normalized spacial score (nSPS) is 86.2. The molecule has 56 heavy (non-hydrogen) atoms. The molecule has 1 N–H and O–H groups in total. The quantitative estimate of drug-likeness (QED) is 0.285. The van der Waals surface area contributed by atoms with Gasteiger partial charge in [-0.3, -0.25) is 0 Å². The third kappa shape index (κ3) is 2.33. The number of rotatable bonds is 3. The maximum Gasteiger partial charge on any atom is 0.0495 e. The first-order valence-electron chi connectivity index (χ1n) is 26.7. The molecule has 19 fully saturated rings. The van der Waals surface area contributed by atoms with E-state index in [1.807, 2.05) is 0 Å². The highest BCUT2D eigenvalue weighted by Crippen LogP contribution is 2.98. The summed E-state index contributed by atoms with van der Waals surface area (Å²) in [6, 6.07) is 0. The van der Waals surface area contributed by atoms with E-state index in [1.165, 1.54) is 154 Å². The van der Waals surface area contributed by atoms with Gasteiger partial charge in [0.25, 0.3) is 0 Å². The van der Waals surface area contributed by atoms with Crippen molar-refractivity contribution in [3.63, 3.8) is 0 Å². The van der Waals surface area contributed by atoms with Crippen LogP contribution in [0.5, 0.6) is 0 Å². The van der Waals surface area contributed by atoms with Crippen molar-refractivity contribution < 1.29 is 5.11 Å². The molecule has 0 aliphatic heterocycles. The summed E-state index contributed by atoms with van der Waals surface area (Å²) in [5.74, 6) is 46.5. The summed E-state index contributed by atoms with van der Waals surface area (Å²) in [4.78, 5) is 0. The molecule has 300 valence electrons. The van der Waals surface area contributed by atoms with Gasteiger partial charge in [0.1, 0.15) is 0 Å². The maximum absolute atomic E-state index is 10.9. The van der Waals surface area contributed by atoms with Crippen molar-refractivity contribution in [2.24, 2.45) is 253 Å². The predicted molar refractivity (Wildman–Crippen MR) is 214 cm³/mol. The van der Waals surface area contributed by atoms with Gasteiger partial charge in [0, 0.05) is 12.0 Å². The molecular formula is C55H74O. The van der Waals surface area contributed by atoms with Crippen molar-refractivity contribution in [3.05, 3.63) is 0 Å². The topological polar surface area (TPSA) is 20.2 Å². The Hall–Kier alpha value is -0.0400. The summed E-state index contributed by atoms with van der Waals surface area (Å²) in [6.07, 6.45) is 4.77. The number of hydrogen-bond acceptors (Lipinski definition) is 1. The van der Waals surface area contributed by atoms with Gasteiger partial charge in [-0.2, -0.15) is 0 Å². The molecule has 19 aliphatic carbocycles. The first-order chi connectivity index (χ1) is 27.1. The summed E-state index contributed by atoms with van der Waals surface area (Å²) >= 11 is 0. The zero-order chi connectivity index (χ0) is 36.5. The lowest BCUT2D eigenvalue weighted by Gasteiger charge is -2.98. The van der Waals surface area contributed by atoms with Crippen LogP contribution in [0.3, 0.4) is 0 Å². The highest BCUT2D eigenvalue weighted by Gasteiger charge is 2.95. The van der Waals surface area contributed by atoms with Crippen molar-refractivity contribution in [2.45, 2.75) is 74.7 Å². The molecule has 0 spiro atoms. The molecule has 19 aliphatic rings. The van der Waals surface area contributed by atoms with Crippen molar-refractivity contribution in [1.82, 2.24) is 0 Å². The largest absolute Gasteiger partial charge is 0.396 e. The Morgan fingerprint density at radius 1 is 0.357 bits per heavy atom. The van der Waals surface area contributed by atoms with Gasteiger partial charge in [-0.1, -0.05) is 55.4 Å². The monoisotopic (exact) mass is 751 g/mol. The Bertz CT molecular complexity index is 1980. The van der Waals surface area contributed by atoms with E-state index in [2.05, 4.69) is 55.4 Å². The molecule has 1 nitrogen and oxygen atoms in total. The summed E-state index contributed by atoms with van der Waals surface area (Å²) < 4.78 is 0. The van der Waals surface area contributed by atoms with E-state index < -0.39 is 0 Å². The molecule has 42 atom stereocenters. The molecule has 19 saturated carbocycles. The van der Waals surface area contributed by atoms with E-state index in [0.717, 1.165) is 94.7 Å². The van der Waals surface area contributed by atoms with Crippen LogP contribution in [0.4, 0.5) is 0 Å². The molecule has 0 heterocycles. The fraction of sp³-hybridized carbons (Fsp3) is 1.00. The summed E-state index contributed by atoms with van der Waals surface area (Å²) in [5.41, 5.74) is 1.01. The van der Waals surface area contributed by atoms with Crippen LogP contribution >= 0.6 is 0 Å². The second kappa shape index (κ2) is 8.29. The third-order valence-electron chi connectivity index (χ3n) is 31.3. The van der Waals surface area contributed by atoms with E-state index in [0.29, 0.717) is 17.4 Å². The zero-order valence-corrected chi connectivity index (χ0v) is 35.9. The van der Waals surface area contributed by atoms with Gasteiger partial charge < -0.3 is 5.11 Å². The van der Waals surface area contributed by atoms with Crippen molar-refractivity contribution in [2.75, 3.05) is 6.61 Å². The highest BCUT2D eigenvalue weighted by molar-refractivity contribution is 5.42. The molecule has 19 rings (SSSR count). The van der Waals surface area contributed by atoms with E-state index in [-0.39, 0.29) is 0 Å². The fourth-order valence-corrected chi connectivity index (χ4v) is 30.1. The molecule has 1 heteroatoms. The molecule has 0 amide bonds. The molecule has 0 radical (unpaired) electrons. The Morgan fingerprint density at radius 3 is 1.30 bits per heavy atom. The molecular weight excluding hydrogens is 677 g/mol. The van der Waals surface area contributed by atoms with Gasteiger partial charge in [-0.05, 0) is 267 Å². The van der Waals surface area contributed by atoms with Crippen LogP contribution in [0, 0.1) is 253 Å². The van der Waals surface area contributed by atoms with Gasteiger partial charge in [0.15, 0.2) is 0 Å². The van der Waals surface area contributed by atoms with Crippen LogP contribution in [0.15, 0.2) is 0 Å². The lowest BCUT2D eigenvalue weighted by molar-refractivity contribution is -0.512. The molecule has 0 saturated heterocycles. The van der Waals surface area contributed by atoms with Crippen LogP contribution in [0.1, 0.15) is 74.7 Å². The van der Waals surface area contributed by atoms with E-state index in [1.54, 1.807) is 12.8 Å². The van der Waals surface area contributed by atoms with Crippen LogP contribution in [-0.4, -0.2) is 11.7 Å². The molecule has 42 unspecified atom stereocenters. The second-order valence-corrected chi connectivity index (χ2v) is 29.4. The lowest BCUT2D eigenvalue weighted by atomic mass is 9.07. The van der Waals surface area contributed by atoms with Gasteiger partial charge in [0.05, 0.1) is 0 Å². The van der Waals surface area contributed by atoms with Crippen molar-refractivity contribution >= 4 is 0 Å². The molecule has 0 bridgehead atoms. The molecule has 0 aromatic carbocycles. The summed E-state index contributed by atoms with van der Waals surface area (Å²) in [7, 11) is 0. The maximum atomic E-state index is 10.9. The third-order valence-corrected chi connectivity index (χ3v) is 31.3. The Labute approximate surface area is 338 Å². The Morgan fingerprint density at radius 2 is 0.750 bits per heavy atom. The van der Waals surface area contributed by atoms with Crippen LogP contribution in [0.2, 0.25) is 0 Å². The van der Waals surface area contributed by atoms with Gasteiger partial charge >= 0.3 is 0 Å². The predicted octanol–water partition coefficient (Wildman–Crippen LogP) is 9.80. The second-order valence-electron chi connectivity index (χ2n) is 29.4. The zero-order valence-electron chi connectivity index (χ0n) is 35.9. The average Bonchev–Trinajstić information content (AvgIpc) is 3.80. The summed E-state index contributed by atoms with van der Waals surface area (Å²) in [5, 5.41) is 10.9. The molecule has 0 aromatic rings.